The number of benzene rings is 1. The molecule has 2 nitrogen and oxygen atoms in total. The highest BCUT2D eigenvalue weighted by Crippen LogP contribution is 2.33. The molecule has 0 saturated carbocycles. The van der Waals surface area contributed by atoms with Crippen LogP contribution in [0.1, 0.15) is 56.5 Å². The van der Waals surface area contributed by atoms with Gasteiger partial charge in [-0.25, -0.2) is 0 Å². The van der Waals surface area contributed by atoms with Crippen molar-refractivity contribution in [3.63, 3.8) is 0 Å². The molecule has 21 heavy (non-hydrogen) atoms. The second kappa shape index (κ2) is 5.30. The van der Waals surface area contributed by atoms with E-state index in [4.69, 9.17) is 0 Å². The van der Waals surface area contributed by atoms with Gasteiger partial charge in [0, 0.05) is 4.88 Å². The van der Waals surface area contributed by atoms with Crippen molar-refractivity contribution in [2.45, 2.75) is 44.6 Å². The lowest BCUT2D eigenvalue weighted by molar-refractivity contribution is 0.0941. The Kier molecular flexibility index (Phi) is 3.30. The Morgan fingerprint density at radius 2 is 1.95 bits per heavy atom. The molecule has 3 heteroatoms. The van der Waals surface area contributed by atoms with Crippen LogP contribution >= 0.6 is 11.3 Å². The van der Waals surface area contributed by atoms with E-state index in [0.717, 1.165) is 30.6 Å². The van der Waals surface area contributed by atoms with Crippen LogP contribution in [0.4, 0.5) is 0 Å². The van der Waals surface area contributed by atoms with Crippen molar-refractivity contribution in [2.24, 2.45) is 0 Å². The summed E-state index contributed by atoms with van der Waals surface area (Å²) >= 11 is 1.70. The quantitative estimate of drug-likeness (QED) is 0.890. The third-order valence-electron chi connectivity index (χ3n) is 4.66. The first-order valence-electron chi connectivity index (χ1n) is 7.81. The number of thiophene rings is 1. The van der Waals surface area contributed by atoms with Gasteiger partial charge >= 0.3 is 0 Å². The van der Waals surface area contributed by atoms with Crippen molar-refractivity contribution >= 4 is 17.2 Å². The molecular weight excluding hydrogens is 278 g/mol. The zero-order valence-electron chi connectivity index (χ0n) is 12.0. The third kappa shape index (κ3) is 2.40. The highest BCUT2D eigenvalue weighted by molar-refractivity contribution is 7.14. The minimum Gasteiger partial charge on any atom is -0.345 e. The average molecular weight is 297 g/mol. The van der Waals surface area contributed by atoms with Crippen molar-refractivity contribution in [3.8, 4) is 0 Å². The zero-order valence-corrected chi connectivity index (χ0v) is 12.8. The van der Waals surface area contributed by atoms with Gasteiger partial charge in [-0.05, 0) is 61.3 Å². The van der Waals surface area contributed by atoms with Gasteiger partial charge in [-0.3, -0.25) is 4.79 Å². The maximum absolute atomic E-state index is 12.5. The maximum atomic E-state index is 12.5. The summed E-state index contributed by atoms with van der Waals surface area (Å²) in [6.07, 6.45) is 6.93. The van der Waals surface area contributed by atoms with Gasteiger partial charge in [0.1, 0.15) is 0 Å². The van der Waals surface area contributed by atoms with Crippen LogP contribution < -0.4 is 5.32 Å². The number of hydrogen-bond acceptors (Lipinski definition) is 2. The number of aryl methyl sites for hydroxylation is 3. The molecule has 0 fully saturated rings. The molecule has 1 aromatic carbocycles. The van der Waals surface area contributed by atoms with Gasteiger partial charge in [0.15, 0.2) is 0 Å². The first-order valence-corrected chi connectivity index (χ1v) is 8.63. The fourth-order valence-electron chi connectivity index (χ4n) is 3.54. The van der Waals surface area contributed by atoms with Crippen LogP contribution in [0.25, 0.3) is 0 Å². The normalized spacial score (nSPS) is 19.9. The lowest BCUT2D eigenvalue weighted by atomic mass is 9.99. The average Bonchev–Trinajstić information content (AvgIpc) is 3.11. The Balaban J connectivity index is 1.53. The molecule has 1 aromatic heterocycles. The predicted molar refractivity (Wildman–Crippen MR) is 85.9 cm³/mol. The molecule has 4 rings (SSSR count). The predicted octanol–water partition coefficient (Wildman–Crippen LogP) is 4.04. The van der Waals surface area contributed by atoms with Gasteiger partial charge in [-0.15, -0.1) is 11.3 Å². The van der Waals surface area contributed by atoms with Crippen molar-refractivity contribution in [2.75, 3.05) is 0 Å². The minimum atomic E-state index is 0.108. The molecule has 108 valence electrons. The Morgan fingerprint density at radius 1 is 1.10 bits per heavy atom. The topological polar surface area (TPSA) is 29.1 Å². The fourth-order valence-corrected chi connectivity index (χ4v) is 4.70. The molecule has 1 N–H and O–H groups in total. The van der Waals surface area contributed by atoms with E-state index in [2.05, 4.69) is 35.6 Å². The van der Waals surface area contributed by atoms with Crippen LogP contribution in [-0.2, 0) is 19.3 Å². The van der Waals surface area contributed by atoms with E-state index in [9.17, 15) is 4.79 Å². The van der Waals surface area contributed by atoms with Crippen molar-refractivity contribution < 1.29 is 4.79 Å². The number of carbonyl (C=O) groups is 1. The van der Waals surface area contributed by atoms with Crippen molar-refractivity contribution in [1.29, 1.82) is 0 Å². The lowest BCUT2D eigenvalue weighted by Crippen LogP contribution is -2.26. The monoisotopic (exact) mass is 297 g/mol. The Morgan fingerprint density at radius 3 is 2.86 bits per heavy atom. The van der Waals surface area contributed by atoms with E-state index < -0.39 is 0 Å². The number of amides is 1. The van der Waals surface area contributed by atoms with Gasteiger partial charge in [-0.2, -0.15) is 0 Å². The Labute approximate surface area is 129 Å². The summed E-state index contributed by atoms with van der Waals surface area (Å²) < 4.78 is 0. The van der Waals surface area contributed by atoms with Gasteiger partial charge in [-0.1, -0.05) is 24.3 Å². The van der Waals surface area contributed by atoms with E-state index in [1.165, 1.54) is 34.4 Å². The summed E-state index contributed by atoms with van der Waals surface area (Å²) in [6.45, 7) is 0. The van der Waals surface area contributed by atoms with E-state index in [0.29, 0.717) is 0 Å². The van der Waals surface area contributed by atoms with Gasteiger partial charge in [0.05, 0.1) is 10.9 Å². The molecule has 0 bridgehead atoms. The van der Waals surface area contributed by atoms with Gasteiger partial charge in [0.2, 0.25) is 0 Å². The van der Waals surface area contributed by atoms with E-state index in [-0.39, 0.29) is 11.9 Å². The standard InChI is InChI=1S/C18H19NOS/c20-18(17-11-13-6-2-4-8-16(13)21-17)19-15-10-9-12-5-1-3-7-14(12)15/h1,3,5,7,11,15H,2,4,6,8-10H2,(H,19,20)/t15-/m1/s1. The molecule has 1 atom stereocenters. The number of nitrogens with one attached hydrogen (secondary N) is 1. The van der Waals surface area contributed by atoms with E-state index >= 15 is 0 Å². The van der Waals surface area contributed by atoms with E-state index in [1.807, 2.05) is 0 Å². The fraction of sp³-hybridized carbons (Fsp3) is 0.389. The number of hydrogen-bond donors (Lipinski definition) is 1. The molecule has 0 spiro atoms. The van der Waals surface area contributed by atoms with Crippen LogP contribution in [0.5, 0.6) is 0 Å². The largest absolute Gasteiger partial charge is 0.345 e. The van der Waals surface area contributed by atoms with Gasteiger partial charge < -0.3 is 5.32 Å². The zero-order chi connectivity index (χ0) is 14.2. The minimum absolute atomic E-state index is 0.108. The number of fused-ring (bicyclic) bond motifs is 2. The summed E-state index contributed by atoms with van der Waals surface area (Å²) in [5.41, 5.74) is 4.09. The van der Waals surface area contributed by atoms with Crippen LogP contribution in [0.3, 0.4) is 0 Å². The molecule has 0 aliphatic heterocycles. The first-order chi connectivity index (χ1) is 10.3. The van der Waals surface area contributed by atoms with Crippen LogP contribution in [0.2, 0.25) is 0 Å². The Hall–Kier alpha value is -1.61. The maximum Gasteiger partial charge on any atom is 0.261 e. The third-order valence-corrected chi connectivity index (χ3v) is 5.89. The Bertz CT molecular complexity index is 665. The summed E-state index contributed by atoms with van der Waals surface area (Å²) in [7, 11) is 0. The highest BCUT2D eigenvalue weighted by Gasteiger charge is 2.25. The second-order valence-electron chi connectivity index (χ2n) is 6.03. The number of carbonyl (C=O) groups excluding carboxylic acids is 1. The molecule has 1 amide bonds. The second-order valence-corrected chi connectivity index (χ2v) is 7.17. The summed E-state index contributed by atoms with van der Waals surface area (Å²) in [5, 5.41) is 3.23. The summed E-state index contributed by atoms with van der Waals surface area (Å²) in [5.74, 6) is 0.108. The molecule has 0 unspecified atom stereocenters. The molecule has 1 heterocycles. The SMILES string of the molecule is O=C(N[C@@H]1CCc2ccccc21)c1cc2c(s1)CCCC2. The summed E-state index contributed by atoms with van der Waals surface area (Å²) in [6, 6.07) is 10.8. The molecule has 0 saturated heterocycles. The summed E-state index contributed by atoms with van der Waals surface area (Å²) in [4.78, 5) is 14.9. The first kappa shape index (κ1) is 13.1. The van der Waals surface area contributed by atoms with Crippen molar-refractivity contribution in [1.82, 2.24) is 5.32 Å². The lowest BCUT2D eigenvalue weighted by Gasteiger charge is -2.13. The molecule has 2 aliphatic carbocycles. The molecule has 2 aliphatic rings. The molecule has 2 aromatic rings. The van der Waals surface area contributed by atoms with Gasteiger partial charge in [0.25, 0.3) is 5.91 Å². The molecular formula is C18H19NOS. The highest BCUT2D eigenvalue weighted by atomic mass is 32.1. The van der Waals surface area contributed by atoms with E-state index in [1.54, 1.807) is 11.3 Å². The number of rotatable bonds is 2. The molecule has 0 radical (unpaired) electrons. The van der Waals surface area contributed by atoms with Crippen molar-refractivity contribution in [3.05, 3.63) is 56.8 Å². The van der Waals surface area contributed by atoms with Crippen LogP contribution in [0.15, 0.2) is 30.3 Å². The van der Waals surface area contributed by atoms with Crippen LogP contribution in [-0.4, -0.2) is 5.91 Å². The smallest absolute Gasteiger partial charge is 0.261 e. The van der Waals surface area contributed by atoms with Crippen LogP contribution in [0, 0.1) is 0 Å².